The fourth-order valence-corrected chi connectivity index (χ4v) is 5.35. The molecule has 3 aliphatic rings. The van der Waals surface area contributed by atoms with Crippen LogP contribution in [0.2, 0.25) is 0 Å². The topological polar surface area (TPSA) is 108 Å². The molecule has 0 aromatic rings. The van der Waals surface area contributed by atoms with Crippen molar-refractivity contribution >= 4 is 17.9 Å². The number of ether oxygens (including phenoxy) is 4. The number of carbonyl (C=O) groups excluding carboxylic acids is 3. The van der Waals surface area contributed by atoms with Crippen molar-refractivity contribution in [2.24, 2.45) is 5.92 Å². The van der Waals surface area contributed by atoms with Crippen molar-refractivity contribution in [3.05, 3.63) is 22.8 Å². The molecular weight excluding hydrogens is 440 g/mol. The van der Waals surface area contributed by atoms with Crippen molar-refractivity contribution < 1.29 is 38.4 Å². The zero-order valence-electron chi connectivity index (χ0n) is 21.1. The summed E-state index contributed by atoms with van der Waals surface area (Å²) in [5.74, 6) is -3.55. The quantitative estimate of drug-likeness (QED) is 0.368. The van der Waals surface area contributed by atoms with Crippen LogP contribution in [0.3, 0.4) is 0 Å². The maximum atomic E-state index is 12.7. The third-order valence-corrected chi connectivity index (χ3v) is 7.17. The standard InChI is InChI=1S/C26H38O8/c1-7-9-20(28)32-22-21-17(4)24(29)34-26(21,30)14-15(2)10-8-11-16(3)19-12-13-25(6,33-19)23(22)31-18(5)27/h10,16,19,22-23,30H,7-9,11-14H2,1-6H3/b15-10+/t16-,19+,22?,23+,25-,26+/m0/s1. The zero-order valence-corrected chi connectivity index (χ0v) is 21.1. The van der Waals surface area contributed by atoms with E-state index in [0.717, 1.165) is 24.8 Å². The molecule has 6 atom stereocenters. The highest BCUT2D eigenvalue weighted by atomic mass is 16.7. The molecule has 190 valence electrons. The van der Waals surface area contributed by atoms with Crippen LogP contribution in [-0.4, -0.2) is 52.7 Å². The summed E-state index contributed by atoms with van der Waals surface area (Å²) in [5.41, 5.74) is 0.108. The fraction of sp³-hybridized carbons (Fsp3) is 0.731. The average Bonchev–Trinajstić information content (AvgIpc) is 3.22. The number of carbonyl (C=O) groups is 3. The van der Waals surface area contributed by atoms with Crippen molar-refractivity contribution in [3.8, 4) is 0 Å². The minimum atomic E-state index is -2.02. The molecule has 0 saturated carbocycles. The predicted molar refractivity (Wildman–Crippen MR) is 123 cm³/mol. The Labute approximate surface area is 201 Å². The van der Waals surface area contributed by atoms with Crippen molar-refractivity contribution in [3.63, 3.8) is 0 Å². The number of fused-ring (bicyclic) bond motifs is 3. The molecule has 1 N–H and O–H groups in total. The summed E-state index contributed by atoms with van der Waals surface area (Å²) in [4.78, 5) is 37.6. The lowest BCUT2D eigenvalue weighted by atomic mass is 9.82. The smallest absolute Gasteiger partial charge is 0.336 e. The van der Waals surface area contributed by atoms with E-state index in [9.17, 15) is 19.5 Å². The molecule has 1 fully saturated rings. The van der Waals surface area contributed by atoms with Crippen molar-refractivity contribution in [2.75, 3.05) is 0 Å². The molecule has 1 unspecified atom stereocenters. The van der Waals surface area contributed by atoms with E-state index in [1.165, 1.54) is 13.8 Å². The number of esters is 3. The first-order chi connectivity index (χ1) is 15.9. The third-order valence-electron chi connectivity index (χ3n) is 7.17. The van der Waals surface area contributed by atoms with E-state index >= 15 is 0 Å². The van der Waals surface area contributed by atoms with E-state index in [2.05, 4.69) is 6.92 Å². The lowest BCUT2D eigenvalue weighted by Crippen LogP contribution is -2.54. The van der Waals surface area contributed by atoms with Gasteiger partial charge >= 0.3 is 17.9 Å². The highest BCUT2D eigenvalue weighted by Gasteiger charge is 2.57. The Hall–Kier alpha value is -2.19. The molecule has 0 spiro atoms. The molecule has 3 aliphatic heterocycles. The van der Waals surface area contributed by atoms with Gasteiger partial charge in [-0.15, -0.1) is 0 Å². The van der Waals surface area contributed by atoms with E-state index < -0.39 is 41.5 Å². The van der Waals surface area contributed by atoms with Crippen LogP contribution in [0.1, 0.15) is 86.5 Å². The second-order valence-electron chi connectivity index (χ2n) is 10.2. The summed E-state index contributed by atoms with van der Waals surface area (Å²) in [6.07, 6.45) is 3.36. The van der Waals surface area contributed by atoms with Gasteiger partial charge in [0.05, 0.1) is 11.7 Å². The first-order valence-electron chi connectivity index (χ1n) is 12.3. The Morgan fingerprint density at radius 1 is 1.24 bits per heavy atom. The average molecular weight is 479 g/mol. The van der Waals surface area contributed by atoms with Crippen LogP contribution in [0.25, 0.3) is 0 Å². The molecule has 0 aromatic carbocycles. The summed E-state index contributed by atoms with van der Waals surface area (Å²) < 4.78 is 23.6. The predicted octanol–water partition coefficient (Wildman–Crippen LogP) is 3.90. The highest BCUT2D eigenvalue weighted by molar-refractivity contribution is 5.92. The van der Waals surface area contributed by atoms with Gasteiger partial charge in [-0.25, -0.2) is 4.79 Å². The van der Waals surface area contributed by atoms with Crippen LogP contribution in [0.4, 0.5) is 0 Å². The van der Waals surface area contributed by atoms with Crippen LogP contribution in [0.5, 0.6) is 0 Å². The lowest BCUT2D eigenvalue weighted by Gasteiger charge is -2.40. The molecule has 8 nitrogen and oxygen atoms in total. The maximum absolute atomic E-state index is 12.7. The number of aliphatic hydroxyl groups is 1. The highest BCUT2D eigenvalue weighted by Crippen LogP contribution is 2.46. The Bertz CT molecular complexity index is 889. The van der Waals surface area contributed by atoms with Crippen LogP contribution < -0.4 is 0 Å². The van der Waals surface area contributed by atoms with Gasteiger partial charge in [-0.2, -0.15) is 0 Å². The van der Waals surface area contributed by atoms with E-state index in [1.807, 2.05) is 26.8 Å². The van der Waals surface area contributed by atoms with Crippen LogP contribution >= 0.6 is 0 Å². The van der Waals surface area contributed by atoms with Gasteiger partial charge in [0.25, 0.3) is 0 Å². The van der Waals surface area contributed by atoms with Crippen LogP contribution in [-0.2, 0) is 33.3 Å². The Morgan fingerprint density at radius 2 is 1.94 bits per heavy atom. The molecule has 0 amide bonds. The summed E-state index contributed by atoms with van der Waals surface area (Å²) in [6.45, 7) is 10.5. The summed E-state index contributed by atoms with van der Waals surface area (Å²) in [7, 11) is 0. The minimum Gasteiger partial charge on any atom is -0.455 e. The van der Waals surface area contributed by atoms with Crippen molar-refractivity contribution in [1.82, 2.24) is 0 Å². The van der Waals surface area contributed by atoms with Gasteiger partial charge in [0, 0.05) is 25.3 Å². The second kappa shape index (κ2) is 10.2. The molecular formula is C26H38O8. The van der Waals surface area contributed by atoms with Gasteiger partial charge in [-0.05, 0) is 58.8 Å². The number of hydrogen-bond acceptors (Lipinski definition) is 8. The first-order valence-corrected chi connectivity index (χ1v) is 12.3. The third kappa shape index (κ3) is 5.38. The van der Waals surface area contributed by atoms with Gasteiger partial charge in [0.15, 0.2) is 12.2 Å². The lowest BCUT2D eigenvalue weighted by molar-refractivity contribution is -0.206. The number of hydrogen-bond donors (Lipinski definition) is 1. The second-order valence-corrected chi connectivity index (χ2v) is 10.2. The van der Waals surface area contributed by atoms with E-state index in [-0.39, 0.29) is 36.0 Å². The van der Waals surface area contributed by atoms with Gasteiger partial charge < -0.3 is 24.1 Å². The molecule has 0 aromatic heterocycles. The largest absolute Gasteiger partial charge is 0.455 e. The fourth-order valence-electron chi connectivity index (χ4n) is 5.35. The normalized spacial score (nSPS) is 38.0. The zero-order chi connectivity index (χ0) is 25.3. The summed E-state index contributed by atoms with van der Waals surface area (Å²) in [6, 6.07) is 0. The Morgan fingerprint density at radius 3 is 2.59 bits per heavy atom. The van der Waals surface area contributed by atoms with Crippen LogP contribution in [0, 0.1) is 5.92 Å². The van der Waals surface area contributed by atoms with Gasteiger partial charge in [0.2, 0.25) is 5.79 Å². The molecule has 3 heterocycles. The molecule has 3 rings (SSSR count). The van der Waals surface area contributed by atoms with E-state index in [1.54, 1.807) is 0 Å². The summed E-state index contributed by atoms with van der Waals surface area (Å²) in [5, 5.41) is 11.6. The SMILES string of the molecule is CCCC(=O)OC1C2=C(C)C(=O)O[C@]2(O)C/C(C)=C/CC[C@H](C)[C@H]2CC[C@](C)(O2)[C@@H]1OC(C)=O. The van der Waals surface area contributed by atoms with Crippen LogP contribution in [0.15, 0.2) is 22.8 Å². The Balaban J connectivity index is 2.20. The summed E-state index contributed by atoms with van der Waals surface area (Å²) >= 11 is 0. The van der Waals surface area contributed by atoms with Gasteiger partial charge in [-0.3, -0.25) is 9.59 Å². The molecule has 2 bridgehead atoms. The van der Waals surface area contributed by atoms with E-state index in [0.29, 0.717) is 12.8 Å². The van der Waals surface area contributed by atoms with Gasteiger partial charge in [0.1, 0.15) is 5.60 Å². The molecule has 0 radical (unpaired) electrons. The van der Waals surface area contributed by atoms with Gasteiger partial charge in [-0.1, -0.05) is 25.5 Å². The minimum absolute atomic E-state index is 0.0232. The number of rotatable bonds is 4. The molecule has 34 heavy (non-hydrogen) atoms. The monoisotopic (exact) mass is 478 g/mol. The van der Waals surface area contributed by atoms with Crippen molar-refractivity contribution in [2.45, 2.75) is 116 Å². The van der Waals surface area contributed by atoms with E-state index in [4.69, 9.17) is 18.9 Å². The number of allylic oxidation sites excluding steroid dienone is 1. The maximum Gasteiger partial charge on any atom is 0.336 e. The first kappa shape index (κ1) is 26.4. The van der Waals surface area contributed by atoms with Crippen molar-refractivity contribution in [1.29, 1.82) is 0 Å². The molecule has 0 aliphatic carbocycles. The molecule has 8 heteroatoms. The molecule has 1 saturated heterocycles. The Kier molecular flexibility index (Phi) is 7.92.